The third-order valence-corrected chi connectivity index (χ3v) is 13.6. The Kier molecular flexibility index (Phi) is 7.71. The van der Waals surface area contributed by atoms with Crippen LogP contribution < -0.4 is 0 Å². The molecule has 0 aliphatic carbocycles. The molecule has 0 fully saturated rings. The third kappa shape index (κ3) is 5.27. The van der Waals surface area contributed by atoms with Crippen molar-refractivity contribution in [2.45, 2.75) is 0 Å². The van der Waals surface area contributed by atoms with Gasteiger partial charge in [0.2, 0.25) is 0 Å². The summed E-state index contributed by atoms with van der Waals surface area (Å²) < 4.78 is 9.66. The molecule has 4 aromatic heterocycles. The SMILES string of the molecule is c1ccc(-c2nnc(-c3ccc4c(c3)c3ccccc3n4-c3cccc(-c4cccc(-n5c6ccccc6c6c7sc8ccccc8c7ccc65)c4)c3)n2-c2ccccc2)cc1. The molecule has 0 bridgehead atoms. The molecule has 13 aromatic rings. The van der Waals surface area contributed by atoms with E-state index in [2.05, 4.69) is 202 Å². The molecule has 0 unspecified atom stereocenters. The van der Waals surface area contributed by atoms with E-state index in [0.29, 0.717) is 0 Å². The zero-order chi connectivity index (χ0) is 40.7. The average Bonchev–Trinajstić information content (AvgIpc) is 4.12. The molecule has 13 rings (SSSR count). The minimum Gasteiger partial charge on any atom is -0.309 e. The van der Waals surface area contributed by atoms with E-state index in [1.807, 2.05) is 35.6 Å². The Balaban J connectivity index is 0.941. The van der Waals surface area contributed by atoms with E-state index >= 15 is 0 Å². The van der Waals surface area contributed by atoms with Gasteiger partial charge < -0.3 is 9.13 Å². The van der Waals surface area contributed by atoms with Gasteiger partial charge in [0.25, 0.3) is 0 Å². The van der Waals surface area contributed by atoms with Gasteiger partial charge in [0.15, 0.2) is 11.6 Å². The van der Waals surface area contributed by atoms with Crippen molar-refractivity contribution in [3.8, 4) is 51.0 Å². The molecule has 0 aliphatic heterocycles. The van der Waals surface area contributed by atoms with Gasteiger partial charge in [-0.3, -0.25) is 4.57 Å². The first-order chi connectivity index (χ1) is 30.8. The van der Waals surface area contributed by atoms with Crippen molar-refractivity contribution in [2.24, 2.45) is 0 Å². The molecule has 290 valence electrons. The molecule has 0 spiro atoms. The van der Waals surface area contributed by atoms with Crippen molar-refractivity contribution in [3.63, 3.8) is 0 Å². The normalized spacial score (nSPS) is 11.9. The van der Waals surface area contributed by atoms with Gasteiger partial charge in [0, 0.05) is 69.9 Å². The summed E-state index contributed by atoms with van der Waals surface area (Å²) in [7, 11) is 0. The van der Waals surface area contributed by atoms with E-state index in [1.165, 1.54) is 47.4 Å². The summed E-state index contributed by atoms with van der Waals surface area (Å²) in [5, 5.41) is 17.2. The van der Waals surface area contributed by atoms with Gasteiger partial charge in [-0.05, 0) is 90.0 Å². The second kappa shape index (κ2) is 13.7. The molecule has 0 N–H and O–H groups in total. The van der Waals surface area contributed by atoms with Crippen LogP contribution in [0.15, 0.2) is 212 Å². The molecule has 62 heavy (non-hydrogen) atoms. The van der Waals surface area contributed by atoms with Gasteiger partial charge in [-0.25, -0.2) is 0 Å². The second-order valence-corrected chi connectivity index (χ2v) is 16.9. The highest BCUT2D eigenvalue weighted by Crippen LogP contribution is 2.44. The number of nitrogens with zero attached hydrogens (tertiary/aromatic N) is 5. The molecule has 6 heteroatoms. The monoisotopic (exact) mass is 809 g/mol. The van der Waals surface area contributed by atoms with Crippen molar-refractivity contribution in [3.05, 3.63) is 212 Å². The summed E-state index contributed by atoms with van der Waals surface area (Å²) >= 11 is 1.89. The van der Waals surface area contributed by atoms with Crippen molar-refractivity contribution in [1.82, 2.24) is 23.9 Å². The summed E-state index contributed by atoms with van der Waals surface area (Å²) in [5.74, 6) is 1.61. The van der Waals surface area contributed by atoms with Crippen LogP contribution in [-0.2, 0) is 0 Å². The summed E-state index contributed by atoms with van der Waals surface area (Å²) in [4.78, 5) is 0. The number of aromatic nitrogens is 5. The zero-order valence-electron chi connectivity index (χ0n) is 33.4. The van der Waals surface area contributed by atoms with Crippen molar-refractivity contribution in [2.75, 3.05) is 0 Å². The predicted octanol–water partition coefficient (Wildman–Crippen LogP) is 14.8. The summed E-state index contributed by atoms with van der Waals surface area (Å²) in [6.07, 6.45) is 0. The minimum absolute atomic E-state index is 0.798. The lowest BCUT2D eigenvalue weighted by atomic mass is 10.0. The van der Waals surface area contributed by atoms with E-state index < -0.39 is 0 Å². The number of rotatable bonds is 6. The van der Waals surface area contributed by atoms with Crippen LogP contribution in [0.1, 0.15) is 0 Å². The minimum atomic E-state index is 0.798. The summed E-state index contributed by atoms with van der Waals surface area (Å²) in [6, 6.07) is 76.2. The van der Waals surface area contributed by atoms with E-state index in [-0.39, 0.29) is 0 Å². The number of thiophene rings is 1. The molecule has 5 nitrogen and oxygen atoms in total. The lowest BCUT2D eigenvalue weighted by molar-refractivity contribution is 1.07. The molecule has 4 heterocycles. The second-order valence-electron chi connectivity index (χ2n) is 15.9. The van der Waals surface area contributed by atoms with E-state index in [9.17, 15) is 0 Å². The average molecular weight is 810 g/mol. The Morgan fingerprint density at radius 3 is 1.58 bits per heavy atom. The van der Waals surface area contributed by atoms with Gasteiger partial charge in [0.05, 0.1) is 22.1 Å². The Hall–Kier alpha value is -8.06. The fourth-order valence-electron chi connectivity index (χ4n) is 9.62. The number of hydrogen-bond acceptors (Lipinski definition) is 3. The first-order valence-corrected chi connectivity index (χ1v) is 21.7. The zero-order valence-corrected chi connectivity index (χ0v) is 34.2. The van der Waals surface area contributed by atoms with Crippen LogP contribution in [0.3, 0.4) is 0 Å². The Bertz CT molecular complexity index is 3870. The lowest BCUT2D eigenvalue weighted by Crippen LogP contribution is -2.00. The van der Waals surface area contributed by atoms with Gasteiger partial charge >= 0.3 is 0 Å². The lowest BCUT2D eigenvalue weighted by Gasteiger charge is -2.13. The van der Waals surface area contributed by atoms with Crippen molar-refractivity contribution < 1.29 is 0 Å². The van der Waals surface area contributed by atoms with E-state index in [0.717, 1.165) is 67.4 Å². The fourth-order valence-corrected chi connectivity index (χ4v) is 10.9. The highest BCUT2D eigenvalue weighted by Gasteiger charge is 2.21. The maximum Gasteiger partial charge on any atom is 0.168 e. The predicted molar refractivity (Wildman–Crippen MR) is 259 cm³/mol. The molecule has 0 saturated carbocycles. The largest absolute Gasteiger partial charge is 0.309 e. The highest BCUT2D eigenvalue weighted by molar-refractivity contribution is 7.26. The van der Waals surface area contributed by atoms with Gasteiger partial charge in [-0.1, -0.05) is 133 Å². The standard InChI is InChI=1S/C56H35N5S/c1-3-15-36(16-4-1)55-57-58-56(61(55)40-19-5-2-6-20-40)39-29-31-50-47(35-39)43-23-7-10-26-48(43)59(50)41-21-13-17-37(33-41)38-18-14-22-42(34-38)60-49-27-11-8-25-46(49)53-51(60)32-30-45-44-24-9-12-28-52(44)62-54(45)53/h1-35H. The van der Waals surface area contributed by atoms with Crippen LogP contribution in [0.2, 0.25) is 0 Å². The van der Waals surface area contributed by atoms with Gasteiger partial charge in [-0.2, -0.15) is 0 Å². The molecule has 0 saturated heterocycles. The number of para-hydroxylation sites is 3. The van der Waals surface area contributed by atoms with E-state index in [4.69, 9.17) is 10.2 Å². The van der Waals surface area contributed by atoms with Crippen LogP contribution in [0, 0.1) is 0 Å². The molecular formula is C56H35N5S. The molecule has 0 amide bonds. The summed E-state index contributed by atoms with van der Waals surface area (Å²) in [5.41, 5.74) is 12.3. The Labute approximate surface area is 360 Å². The van der Waals surface area contributed by atoms with Crippen molar-refractivity contribution >= 4 is 75.1 Å². The molecular weight excluding hydrogens is 775 g/mol. The van der Waals surface area contributed by atoms with Crippen LogP contribution in [0.25, 0.3) is 115 Å². The topological polar surface area (TPSA) is 40.6 Å². The Morgan fingerprint density at radius 1 is 0.306 bits per heavy atom. The quantitative estimate of drug-likeness (QED) is 0.168. The van der Waals surface area contributed by atoms with Crippen LogP contribution in [0.4, 0.5) is 0 Å². The maximum atomic E-state index is 4.82. The first kappa shape index (κ1) is 34.8. The molecule has 0 atom stereocenters. The highest BCUT2D eigenvalue weighted by atomic mass is 32.1. The smallest absolute Gasteiger partial charge is 0.168 e. The maximum absolute atomic E-state index is 4.82. The van der Waals surface area contributed by atoms with Crippen LogP contribution in [-0.4, -0.2) is 23.9 Å². The summed E-state index contributed by atoms with van der Waals surface area (Å²) in [6.45, 7) is 0. The van der Waals surface area contributed by atoms with Crippen molar-refractivity contribution in [1.29, 1.82) is 0 Å². The third-order valence-electron chi connectivity index (χ3n) is 12.4. The van der Waals surface area contributed by atoms with E-state index in [1.54, 1.807) is 0 Å². The van der Waals surface area contributed by atoms with Gasteiger partial charge in [0.1, 0.15) is 0 Å². The van der Waals surface area contributed by atoms with Crippen LogP contribution in [0.5, 0.6) is 0 Å². The molecule has 0 aliphatic rings. The molecule has 0 radical (unpaired) electrons. The van der Waals surface area contributed by atoms with Gasteiger partial charge in [-0.15, -0.1) is 21.5 Å². The number of fused-ring (bicyclic) bond motifs is 10. The number of benzene rings is 9. The Morgan fingerprint density at radius 2 is 0.839 bits per heavy atom. The molecule has 9 aromatic carbocycles. The first-order valence-electron chi connectivity index (χ1n) is 20.9. The number of hydrogen-bond donors (Lipinski definition) is 0. The van der Waals surface area contributed by atoms with Crippen LogP contribution >= 0.6 is 11.3 Å². The fraction of sp³-hybridized carbons (Fsp3) is 0.